The lowest BCUT2D eigenvalue weighted by molar-refractivity contribution is 0.426. The molecule has 0 radical (unpaired) electrons. The molecule has 76 valence electrons. The van der Waals surface area contributed by atoms with Gasteiger partial charge in [0.25, 0.3) is 0 Å². The average Bonchev–Trinajstić information content (AvgIpc) is 2.77. The summed E-state index contributed by atoms with van der Waals surface area (Å²) in [5, 5.41) is 3.96. The van der Waals surface area contributed by atoms with Gasteiger partial charge in [0, 0.05) is 22.0 Å². The molecule has 0 N–H and O–H groups in total. The van der Waals surface area contributed by atoms with Gasteiger partial charge in [0.1, 0.15) is 5.69 Å². The van der Waals surface area contributed by atoms with Crippen LogP contribution in [0.2, 0.25) is 0 Å². The van der Waals surface area contributed by atoms with Crippen molar-refractivity contribution in [1.82, 2.24) is 5.16 Å². The van der Waals surface area contributed by atoms with Gasteiger partial charge in [0.15, 0.2) is 5.76 Å². The van der Waals surface area contributed by atoms with E-state index < -0.39 is 0 Å². The molecular formula is C11H7BrClNO. The number of halogens is 2. The van der Waals surface area contributed by atoms with E-state index in [-0.39, 0.29) is 0 Å². The molecule has 4 heteroatoms. The summed E-state index contributed by atoms with van der Waals surface area (Å²) in [6.07, 6.45) is 0.859. The van der Waals surface area contributed by atoms with Gasteiger partial charge in [-0.3, -0.25) is 0 Å². The number of alkyl halides is 1. The third-order valence-electron chi connectivity index (χ3n) is 2.71. The van der Waals surface area contributed by atoms with Gasteiger partial charge in [-0.1, -0.05) is 33.2 Å². The molecule has 1 aromatic heterocycles. The third kappa shape index (κ3) is 1.26. The van der Waals surface area contributed by atoms with Crippen molar-refractivity contribution in [2.24, 2.45) is 0 Å². The van der Waals surface area contributed by atoms with Gasteiger partial charge in [-0.2, -0.15) is 0 Å². The van der Waals surface area contributed by atoms with Crippen molar-refractivity contribution in [3.63, 3.8) is 0 Å². The molecule has 2 nitrogen and oxygen atoms in total. The van der Waals surface area contributed by atoms with Crippen molar-refractivity contribution in [1.29, 1.82) is 0 Å². The summed E-state index contributed by atoms with van der Waals surface area (Å²) in [7, 11) is 0. The highest BCUT2D eigenvalue weighted by atomic mass is 79.9. The zero-order valence-corrected chi connectivity index (χ0v) is 10.1. The molecule has 2 aromatic rings. The molecule has 1 aliphatic rings. The first-order valence-corrected chi connectivity index (χ1v) is 5.95. The lowest BCUT2D eigenvalue weighted by atomic mass is 10.1. The highest BCUT2D eigenvalue weighted by molar-refractivity contribution is 9.10. The average molecular weight is 285 g/mol. The van der Waals surface area contributed by atoms with Crippen molar-refractivity contribution in [3.05, 3.63) is 39.5 Å². The van der Waals surface area contributed by atoms with E-state index in [2.05, 4.69) is 27.2 Å². The van der Waals surface area contributed by atoms with Crippen LogP contribution < -0.4 is 0 Å². The molecule has 1 heterocycles. The fourth-order valence-electron chi connectivity index (χ4n) is 1.97. The van der Waals surface area contributed by atoms with Crippen LogP contribution in [0, 0.1) is 0 Å². The Morgan fingerprint density at radius 1 is 1.40 bits per heavy atom. The smallest absolute Gasteiger partial charge is 0.171 e. The van der Waals surface area contributed by atoms with Crippen molar-refractivity contribution in [2.45, 2.75) is 12.3 Å². The van der Waals surface area contributed by atoms with Crippen LogP contribution in [0.4, 0.5) is 0 Å². The number of rotatable bonds is 1. The van der Waals surface area contributed by atoms with Gasteiger partial charge in [-0.25, -0.2) is 0 Å². The molecule has 0 unspecified atom stereocenters. The maximum absolute atomic E-state index is 5.80. The molecule has 1 aromatic carbocycles. The lowest BCUT2D eigenvalue weighted by Crippen LogP contribution is -1.87. The first-order valence-electron chi connectivity index (χ1n) is 4.62. The van der Waals surface area contributed by atoms with E-state index in [1.165, 1.54) is 5.56 Å². The van der Waals surface area contributed by atoms with E-state index in [9.17, 15) is 0 Å². The van der Waals surface area contributed by atoms with Crippen LogP contribution in [-0.2, 0) is 12.3 Å². The summed E-state index contributed by atoms with van der Waals surface area (Å²) in [4.78, 5) is 0. The van der Waals surface area contributed by atoms with Crippen LogP contribution in [0.15, 0.2) is 27.2 Å². The van der Waals surface area contributed by atoms with Crippen LogP contribution in [-0.4, -0.2) is 5.16 Å². The van der Waals surface area contributed by atoms with Crippen LogP contribution in [0.25, 0.3) is 11.3 Å². The predicted molar refractivity (Wildman–Crippen MR) is 62.0 cm³/mol. The predicted octanol–water partition coefficient (Wildman–Crippen LogP) is 3.75. The molecule has 15 heavy (non-hydrogen) atoms. The summed E-state index contributed by atoms with van der Waals surface area (Å²) in [6.45, 7) is 0. The molecule has 0 saturated heterocycles. The normalized spacial score (nSPS) is 12.7. The van der Waals surface area contributed by atoms with Crippen LogP contribution in [0.1, 0.15) is 16.8 Å². The van der Waals surface area contributed by atoms with Gasteiger partial charge in [-0.05, 0) is 11.6 Å². The summed E-state index contributed by atoms with van der Waals surface area (Å²) in [5.41, 5.74) is 4.38. The highest BCUT2D eigenvalue weighted by Gasteiger charge is 2.27. The minimum absolute atomic E-state index is 0.407. The molecule has 0 bridgehead atoms. The monoisotopic (exact) mass is 283 g/mol. The molecule has 3 rings (SSSR count). The molecule has 0 amide bonds. The van der Waals surface area contributed by atoms with Crippen LogP contribution >= 0.6 is 27.5 Å². The fraction of sp³-hybridized carbons (Fsp3) is 0.182. The van der Waals surface area contributed by atoms with E-state index in [1.807, 2.05) is 12.1 Å². The van der Waals surface area contributed by atoms with Gasteiger partial charge < -0.3 is 4.52 Å². The highest BCUT2D eigenvalue weighted by Crippen LogP contribution is 2.41. The maximum atomic E-state index is 5.80. The largest absolute Gasteiger partial charge is 0.356 e. The Morgan fingerprint density at radius 3 is 3.07 bits per heavy atom. The molecule has 0 atom stereocenters. The topological polar surface area (TPSA) is 26.0 Å². The van der Waals surface area contributed by atoms with Gasteiger partial charge in [0.2, 0.25) is 0 Å². The standard InChI is InChI=1S/C11H7BrClNO/c12-9-3-1-2-6-7(9)4-8-10(5-13)14-15-11(6)8/h1-3H,4-5H2. The number of nitrogens with zero attached hydrogens (tertiary/aromatic N) is 1. The molecule has 0 aliphatic heterocycles. The van der Waals surface area contributed by atoms with Gasteiger partial charge >= 0.3 is 0 Å². The Morgan fingerprint density at radius 2 is 2.27 bits per heavy atom. The van der Waals surface area contributed by atoms with Gasteiger partial charge in [0.05, 0.1) is 5.88 Å². The second-order valence-electron chi connectivity index (χ2n) is 3.51. The number of hydrogen-bond donors (Lipinski definition) is 0. The SMILES string of the molecule is ClCc1noc2c1Cc1c(Br)cccc1-2. The molecule has 0 saturated carbocycles. The summed E-state index contributed by atoms with van der Waals surface area (Å²) < 4.78 is 6.44. The van der Waals surface area contributed by atoms with Gasteiger partial charge in [-0.15, -0.1) is 11.6 Å². The van der Waals surface area contributed by atoms with Crippen molar-refractivity contribution in [3.8, 4) is 11.3 Å². The first-order chi connectivity index (χ1) is 7.31. The second kappa shape index (κ2) is 3.35. The Labute approximate surface area is 100 Å². The zero-order chi connectivity index (χ0) is 10.4. The summed E-state index contributed by atoms with van der Waals surface area (Å²) in [5.74, 6) is 1.28. The van der Waals surface area contributed by atoms with E-state index in [4.69, 9.17) is 16.1 Å². The zero-order valence-electron chi connectivity index (χ0n) is 7.76. The maximum Gasteiger partial charge on any atom is 0.171 e. The van der Waals surface area contributed by atoms with Crippen molar-refractivity contribution in [2.75, 3.05) is 0 Å². The number of fused-ring (bicyclic) bond motifs is 3. The van der Waals surface area contributed by atoms with E-state index in [0.717, 1.165) is 33.5 Å². The summed E-state index contributed by atoms with van der Waals surface area (Å²) in [6, 6.07) is 6.09. The third-order valence-corrected chi connectivity index (χ3v) is 3.71. The fourth-order valence-corrected chi connectivity index (χ4v) is 2.69. The van der Waals surface area contributed by atoms with E-state index >= 15 is 0 Å². The first kappa shape index (κ1) is 9.43. The molecular weight excluding hydrogens is 277 g/mol. The van der Waals surface area contributed by atoms with E-state index in [1.54, 1.807) is 0 Å². The number of aromatic nitrogens is 1. The lowest BCUT2D eigenvalue weighted by Gasteiger charge is -2.00. The van der Waals surface area contributed by atoms with Crippen LogP contribution in [0.5, 0.6) is 0 Å². The number of hydrogen-bond acceptors (Lipinski definition) is 2. The molecule has 1 aliphatic carbocycles. The van der Waals surface area contributed by atoms with Crippen molar-refractivity contribution >= 4 is 27.5 Å². The van der Waals surface area contributed by atoms with E-state index in [0.29, 0.717) is 5.88 Å². The molecule has 0 fully saturated rings. The quantitative estimate of drug-likeness (QED) is 0.636. The van der Waals surface area contributed by atoms with Crippen LogP contribution in [0.3, 0.4) is 0 Å². The second-order valence-corrected chi connectivity index (χ2v) is 4.63. The Hall–Kier alpha value is -0.800. The minimum Gasteiger partial charge on any atom is -0.356 e. The Kier molecular flexibility index (Phi) is 2.11. The number of benzene rings is 1. The summed E-state index contributed by atoms with van der Waals surface area (Å²) >= 11 is 9.34. The Balaban J connectivity index is 2.24. The molecule has 0 spiro atoms. The van der Waals surface area contributed by atoms with Crippen molar-refractivity contribution < 1.29 is 4.52 Å². The minimum atomic E-state index is 0.407. The Bertz CT molecular complexity index is 535.